The Morgan fingerprint density at radius 3 is 2.95 bits per heavy atom. The van der Waals surface area contributed by atoms with Crippen molar-refractivity contribution in [3.8, 4) is 0 Å². The molecule has 0 fully saturated rings. The van der Waals surface area contributed by atoms with E-state index in [0.717, 1.165) is 17.3 Å². The van der Waals surface area contributed by atoms with Crippen LogP contribution in [0.1, 0.15) is 10.4 Å². The minimum absolute atomic E-state index is 0.302. The molecule has 1 atom stereocenters. The summed E-state index contributed by atoms with van der Waals surface area (Å²) in [4.78, 5) is 21.5. The van der Waals surface area contributed by atoms with Crippen LogP contribution in [0, 0.1) is 5.82 Å². The second-order valence-electron chi connectivity index (χ2n) is 4.17. The van der Waals surface area contributed by atoms with Gasteiger partial charge in [0.05, 0.1) is 5.39 Å². The smallest absolute Gasteiger partial charge is 0.153 e. The van der Waals surface area contributed by atoms with E-state index in [-0.39, 0.29) is 0 Å². The van der Waals surface area contributed by atoms with Gasteiger partial charge in [-0.2, -0.15) is 0 Å². The molecule has 0 bridgehead atoms. The second-order valence-corrected chi connectivity index (χ2v) is 4.79. The number of hydrogen-bond donors (Lipinski definition) is 2. The van der Waals surface area contributed by atoms with Crippen LogP contribution in [0.25, 0.3) is 11.0 Å². The van der Waals surface area contributed by atoms with Gasteiger partial charge < -0.3 is 10.3 Å². The fourth-order valence-corrected chi connectivity index (χ4v) is 2.28. The second kappa shape index (κ2) is 4.98. The molecule has 0 amide bonds. The average molecular weight is 288 g/mol. The predicted molar refractivity (Wildman–Crippen MR) is 78.3 cm³/mol. The van der Waals surface area contributed by atoms with Crippen LogP contribution < -0.4 is 10.6 Å². The topological polar surface area (TPSA) is 70.7 Å². The largest absolute Gasteiger partial charge is 0.343 e. The number of H-pyrrole nitrogens is 1. The Bertz CT molecular complexity index is 802. The van der Waals surface area contributed by atoms with Gasteiger partial charge in [-0.05, 0) is 23.5 Å². The Labute approximate surface area is 115 Å². The van der Waals surface area contributed by atoms with Crippen LogP contribution >= 0.6 is 9.24 Å². The molecule has 0 aliphatic carbocycles. The normalized spacial score (nSPS) is 10.7. The summed E-state index contributed by atoms with van der Waals surface area (Å²) in [5.74, 6) is -0.0470. The van der Waals surface area contributed by atoms with E-state index in [9.17, 15) is 9.18 Å². The molecule has 1 unspecified atom stereocenters. The van der Waals surface area contributed by atoms with Gasteiger partial charge in [-0.15, -0.1) is 9.24 Å². The number of rotatable bonds is 3. The monoisotopic (exact) mass is 288 g/mol. The van der Waals surface area contributed by atoms with Gasteiger partial charge in [-0.3, -0.25) is 4.79 Å². The van der Waals surface area contributed by atoms with Crippen LogP contribution in [0.2, 0.25) is 0 Å². The number of hydrogen-bond acceptors (Lipinski definition) is 4. The van der Waals surface area contributed by atoms with Crippen molar-refractivity contribution in [2.24, 2.45) is 0 Å². The Morgan fingerprint density at radius 2 is 2.20 bits per heavy atom. The highest BCUT2D eigenvalue weighted by Crippen LogP contribution is 2.24. The van der Waals surface area contributed by atoms with Crippen molar-refractivity contribution in [1.82, 2.24) is 15.0 Å². The van der Waals surface area contributed by atoms with Crippen molar-refractivity contribution < 1.29 is 9.18 Å². The van der Waals surface area contributed by atoms with E-state index >= 15 is 0 Å². The molecule has 3 rings (SSSR count). The number of carbonyl (C=O) groups is 1. The highest BCUT2D eigenvalue weighted by molar-refractivity contribution is 7.28. The lowest BCUT2D eigenvalue weighted by Gasteiger charge is -2.09. The van der Waals surface area contributed by atoms with Gasteiger partial charge >= 0.3 is 0 Å². The van der Waals surface area contributed by atoms with E-state index in [4.69, 9.17) is 0 Å². The lowest BCUT2D eigenvalue weighted by Crippen LogP contribution is -2.05. The zero-order valence-electron chi connectivity index (χ0n) is 10.2. The van der Waals surface area contributed by atoms with Gasteiger partial charge in [0.15, 0.2) is 5.82 Å². The number of halogens is 1. The standard InChI is InChI=1S/C13H10FN4OP/c14-8-4-15-12-11(8)13(17-6-16-12)18-9-2-1-7(5-19)3-10(9)20/h1-6H,20H2,(H2,15,16,17,18). The Morgan fingerprint density at radius 1 is 1.35 bits per heavy atom. The van der Waals surface area contributed by atoms with E-state index in [2.05, 4.69) is 29.5 Å². The number of anilines is 2. The first-order chi connectivity index (χ1) is 9.69. The third-order valence-electron chi connectivity index (χ3n) is 2.89. The van der Waals surface area contributed by atoms with E-state index in [0.29, 0.717) is 22.4 Å². The molecule has 1 aromatic carbocycles. The molecule has 2 heterocycles. The van der Waals surface area contributed by atoms with Crippen molar-refractivity contribution in [2.45, 2.75) is 0 Å². The molecule has 100 valence electrons. The minimum atomic E-state index is -0.419. The van der Waals surface area contributed by atoms with Crippen molar-refractivity contribution in [2.75, 3.05) is 5.32 Å². The molecule has 20 heavy (non-hydrogen) atoms. The number of carbonyl (C=O) groups excluding carboxylic acids is 1. The van der Waals surface area contributed by atoms with Crippen LogP contribution in [0.3, 0.4) is 0 Å². The fourth-order valence-electron chi connectivity index (χ4n) is 1.92. The van der Waals surface area contributed by atoms with Crippen LogP contribution in [0.5, 0.6) is 0 Å². The van der Waals surface area contributed by atoms with Gasteiger partial charge in [0, 0.05) is 17.4 Å². The van der Waals surface area contributed by atoms with Crippen LogP contribution in [-0.2, 0) is 0 Å². The Kier molecular flexibility index (Phi) is 3.16. The lowest BCUT2D eigenvalue weighted by atomic mass is 10.2. The minimum Gasteiger partial charge on any atom is -0.343 e. The maximum absolute atomic E-state index is 13.7. The summed E-state index contributed by atoms with van der Waals surface area (Å²) < 4.78 is 13.7. The molecule has 2 N–H and O–H groups in total. The molecular weight excluding hydrogens is 278 g/mol. The molecule has 2 aromatic heterocycles. The first-order valence-electron chi connectivity index (χ1n) is 5.78. The number of nitrogens with one attached hydrogen (secondary N) is 2. The number of fused-ring (bicyclic) bond motifs is 1. The molecule has 0 radical (unpaired) electrons. The van der Waals surface area contributed by atoms with Gasteiger partial charge in [0.1, 0.15) is 24.1 Å². The van der Waals surface area contributed by atoms with Gasteiger partial charge in [0.25, 0.3) is 0 Å². The number of aldehydes is 1. The number of aromatic amines is 1. The average Bonchev–Trinajstić information content (AvgIpc) is 2.84. The zero-order valence-corrected chi connectivity index (χ0v) is 11.4. The summed E-state index contributed by atoms with van der Waals surface area (Å²) in [5.41, 5.74) is 1.72. The molecule has 0 saturated heterocycles. The summed E-state index contributed by atoms with van der Waals surface area (Å²) in [7, 11) is 2.52. The number of benzene rings is 1. The molecule has 0 aliphatic rings. The SMILES string of the molecule is O=Cc1ccc(Nc2ncnc3[nH]cc(F)c23)c(P)c1. The van der Waals surface area contributed by atoms with Crippen molar-refractivity contribution in [1.29, 1.82) is 0 Å². The molecule has 0 aliphatic heterocycles. The third kappa shape index (κ3) is 2.14. The highest BCUT2D eigenvalue weighted by atomic mass is 31.0. The third-order valence-corrected chi connectivity index (χ3v) is 3.36. The van der Waals surface area contributed by atoms with Crippen LogP contribution in [0.4, 0.5) is 15.9 Å². The zero-order chi connectivity index (χ0) is 14.1. The summed E-state index contributed by atoms with van der Waals surface area (Å²) in [6, 6.07) is 5.13. The molecule has 3 aromatic rings. The number of nitrogens with zero attached hydrogens (tertiary/aromatic N) is 2. The molecule has 7 heteroatoms. The van der Waals surface area contributed by atoms with Crippen molar-refractivity contribution >= 4 is 43.4 Å². The Hall–Kier alpha value is -2.33. The highest BCUT2D eigenvalue weighted by Gasteiger charge is 2.11. The summed E-state index contributed by atoms with van der Waals surface area (Å²) in [6.45, 7) is 0. The van der Waals surface area contributed by atoms with Crippen molar-refractivity contribution in [3.63, 3.8) is 0 Å². The Balaban J connectivity index is 2.05. The first-order valence-corrected chi connectivity index (χ1v) is 6.36. The fraction of sp³-hybridized carbons (Fsp3) is 0. The van der Waals surface area contributed by atoms with Crippen LogP contribution in [0.15, 0.2) is 30.7 Å². The van der Waals surface area contributed by atoms with E-state index in [1.807, 2.05) is 0 Å². The quantitative estimate of drug-likeness (QED) is 0.572. The van der Waals surface area contributed by atoms with Gasteiger partial charge in [-0.25, -0.2) is 14.4 Å². The van der Waals surface area contributed by atoms with Gasteiger partial charge in [-0.1, -0.05) is 0 Å². The molecule has 5 nitrogen and oxygen atoms in total. The van der Waals surface area contributed by atoms with E-state index < -0.39 is 5.82 Å². The van der Waals surface area contributed by atoms with Gasteiger partial charge in [0.2, 0.25) is 0 Å². The van der Waals surface area contributed by atoms with Crippen molar-refractivity contribution in [3.05, 3.63) is 42.1 Å². The summed E-state index contributed by atoms with van der Waals surface area (Å²) >= 11 is 0. The molecule has 0 saturated carbocycles. The maximum Gasteiger partial charge on any atom is 0.153 e. The lowest BCUT2D eigenvalue weighted by molar-refractivity contribution is 0.112. The van der Waals surface area contributed by atoms with E-state index in [1.165, 1.54) is 12.5 Å². The predicted octanol–water partition coefficient (Wildman–Crippen LogP) is 2.15. The maximum atomic E-state index is 13.7. The first kappa shape index (κ1) is 12.7. The summed E-state index contributed by atoms with van der Waals surface area (Å²) in [5, 5.41) is 4.14. The molecule has 0 spiro atoms. The summed E-state index contributed by atoms with van der Waals surface area (Å²) in [6.07, 6.45) is 3.36. The van der Waals surface area contributed by atoms with E-state index in [1.54, 1.807) is 18.2 Å². The number of aromatic nitrogens is 3. The van der Waals surface area contributed by atoms with Crippen LogP contribution in [-0.4, -0.2) is 21.2 Å². The molecular formula is C13H10FN4OP.